The molecular formula is C24H31NO12. The van der Waals surface area contributed by atoms with E-state index in [-0.39, 0.29) is 18.4 Å². The molecule has 2 saturated heterocycles. The van der Waals surface area contributed by atoms with E-state index in [1.54, 1.807) is 6.08 Å². The number of rotatable bonds is 8. The number of amides is 1. The Morgan fingerprint density at radius 2 is 1.59 bits per heavy atom. The minimum atomic E-state index is -1.42. The number of hydrogen-bond acceptors (Lipinski definition) is 12. The third kappa shape index (κ3) is 6.86. The van der Waals surface area contributed by atoms with E-state index >= 15 is 0 Å². The standard InChI is InChI=1S/C24H31NO12/c1-6-15-16-7-8-25-22(30)17(16)9-32-23(15)37-24-21(35-14(5)29)20(34-13(4)28)19(33-12(3)27)18(36-24)10-31-11(2)26/h6,9,15-16,18-21,23-24H,1,7-8,10H2,2-5H3,(H,25,30)/t15-,16+,18-,19-,20+,21-,23+,24+/m1/s1. The van der Waals surface area contributed by atoms with Crippen molar-refractivity contribution in [3.05, 3.63) is 24.5 Å². The molecular weight excluding hydrogens is 494 g/mol. The molecule has 0 unspecified atom stereocenters. The minimum Gasteiger partial charge on any atom is -0.471 e. The lowest BCUT2D eigenvalue weighted by atomic mass is 9.79. The van der Waals surface area contributed by atoms with Gasteiger partial charge < -0.3 is 38.5 Å². The zero-order valence-corrected chi connectivity index (χ0v) is 21.0. The number of carbonyl (C=O) groups is 5. The van der Waals surface area contributed by atoms with Crippen molar-refractivity contribution in [3.63, 3.8) is 0 Å². The Bertz CT molecular complexity index is 961. The molecule has 0 spiro atoms. The van der Waals surface area contributed by atoms with Gasteiger partial charge in [0.05, 0.1) is 11.8 Å². The van der Waals surface area contributed by atoms with Crippen molar-refractivity contribution < 1.29 is 57.1 Å². The molecule has 3 heterocycles. The van der Waals surface area contributed by atoms with Crippen LogP contribution in [-0.4, -0.2) is 79.9 Å². The summed E-state index contributed by atoms with van der Waals surface area (Å²) in [5.41, 5.74) is 0.442. The molecule has 0 aromatic heterocycles. The van der Waals surface area contributed by atoms with E-state index in [4.69, 9.17) is 33.2 Å². The molecule has 204 valence electrons. The summed E-state index contributed by atoms with van der Waals surface area (Å²) >= 11 is 0. The van der Waals surface area contributed by atoms with Crippen molar-refractivity contribution in [2.45, 2.75) is 71.1 Å². The van der Waals surface area contributed by atoms with Crippen LogP contribution in [0.3, 0.4) is 0 Å². The largest absolute Gasteiger partial charge is 0.471 e. The highest BCUT2D eigenvalue weighted by Crippen LogP contribution is 2.38. The van der Waals surface area contributed by atoms with Crippen LogP contribution in [-0.2, 0) is 57.1 Å². The van der Waals surface area contributed by atoms with Crippen LogP contribution < -0.4 is 5.32 Å². The lowest BCUT2D eigenvalue weighted by Gasteiger charge is -2.46. The molecule has 2 fully saturated rings. The van der Waals surface area contributed by atoms with Gasteiger partial charge in [0.2, 0.25) is 12.6 Å². The fourth-order valence-electron chi connectivity index (χ4n) is 4.56. The molecule has 3 aliphatic heterocycles. The Kier molecular flexibility index (Phi) is 9.27. The predicted octanol–water partition coefficient (Wildman–Crippen LogP) is 0.265. The molecule has 3 rings (SSSR count). The highest BCUT2D eigenvalue weighted by molar-refractivity contribution is 5.94. The SMILES string of the molecule is C=C[C@H]1[C@H](O[C@@H]2O[C@H](COC(C)=O)[C@@H](OC(C)=O)[C@H](OC(C)=O)[C@H]2OC(C)=O)OC=C2C(=O)NCC[C@H]21. The van der Waals surface area contributed by atoms with Crippen LogP contribution >= 0.6 is 0 Å². The number of carbonyl (C=O) groups excluding carboxylic acids is 5. The summed E-state index contributed by atoms with van der Waals surface area (Å²) in [6, 6.07) is 0. The van der Waals surface area contributed by atoms with Gasteiger partial charge in [-0.1, -0.05) is 6.08 Å². The number of hydrogen-bond donors (Lipinski definition) is 1. The molecule has 3 aliphatic rings. The molecule has 0 saturated carbocycles. The van der Waals surface area contributed by atoms with Crippen LogP contribution in [0, 0.1) is 11.8 Å². The number of ether oxygens (including phenoxy) is 7. The Hall–Kier alpha value is -3.45. The first-order valence-corrected chi connectivity index (χ1v) is 11.7. The van der Waals surface area contributed by atoms with E-state index in [0.717, 1.165) is 20.8 Å². The first kappa shape index (κ1) is 28.1. The number of piperidine rings is 1. The summed E-state index contributed by atoms with van der Waals surface area (Å²) in [6.07, 6.45) is -4.18. The van der Waals surface area contributed by atoms with Crippen LogP contribution in [0.2, 0.25) is 0 Å². The molecule has 8 atom stereocenters. The van der Waals surface area contributed by atoms with Gasteiger partial charge in [-0.05, 0) is 6.42 Å². The maximum atomic E-state index is 12.3. The molecule has 1 N–H and O–H groups in total. The maximum Gasteiger partial charge on any atom is 0.303 e. The molecule has 0 aliphatic carbocycles. The Morgan fingerprint density at radius 3 is 2.19 bits per heavy atom. The highest BCUT2D eigenvalue weighted by atomic mass is 16.8. The Balaban J connectivity index is 1.96. The van der Waals surface area contributed by atoms with Crippen molar-refractivity contribution in [1.29, 1.82) is 0 Å². The summed E-state index contributed by atoms with van der Waals surface area (Å²) in [7, 11) is 0. The van der Waals surface area contributed by atoms with Crippen molar-refractivity contribution >= 4 is 29.8 Å². The number of fused-ring (bicyclic) bond motifs is 1. The van der Waals surface area contributed by atoms with Crippen LogP contribution in [0.1, 0.15) is 34.1 Å². The molecule has 37 heavy (non-hydrogen) atoms. The molecule has 13 heteroatoms. The predicted molar refractivity (Wildman–Crippen MR) is 121 cm³/mol. The Morgan fingerprint density at radius 1 is 0.973 bits per heavy atom. The first-order valence-electron chi connectivity index (χ1n) is 11.7. The van der Waals surface area contributed by atoms with E-state index in [1.165, 1.54) is 13.2 Å². The number of esters is 4. The van der Waals surface area contributed by atoms with E-state index in [1.807, 2.05) is 0 Å². The average Bonchev–Trinajstić information content (AvgIpc) is 2.80. The Labute approximate surface area is 213 Å². The molecule has 1 amide bonds. The number of nitrogens with one attached hydrogen (secondary N) is 1. The van der Waals surface area contributed by atoms with Gasteiger partial charge in [-0.25, -0.2) is 0 Å². The van der Waals surface area contributed by atoms with Crippen LogP contribution in [0.4, 0.5) is 0 Å². The quantitative estimate of drug-likeness (QED) is 0.262. The van der Waals surface area contributed by atoms with Crippen LogP contribution in [0.15, 0.2) is 24.5 Å². The zero-order chi connectivity index (χ0) is 27.3. The second-order valence-corrected chi connectivity index (χ2v) is 8.75. The zero-order valence-electron chi connectivity index (χ0n) is 21.0. The van der Waals surface area contributed by atoms with Gasteiger partial charge in [-0.15, -0.1) is 6.58 Å². The third-order valence-corrected chi connectivity index (χ3v) is 6.00. The second-order valence-electron chi connectivity index (χ2n) is 8.75. The van der Waals surface area contributed by atoms with Gasteiger partial charge >= 0.3 is 23.9 Å². The van der Waals surface area contributed by atoms with Crippen LogP contribution in [0.5, 0.6) is 0 Å². The van der Waals surface area contributed by atoms with E-state index in [0.29, 0.717) is 18.5 Å². The average molecular weight is 526 g/mol. The topological polar surface area (TPSA) is 162 Å². The monoisotopic (exact) mass is 525 g/mol. The maximum absolute atomic E-state index is 12.3. The van der Waals surface area contributed by atoms with Gasteiger partial charge in [0.15, 0.2) is 18.3 Å². The fourth-order valence-corrected chi connectivity index (χ4v) is 4.56. The van der Waals surface area contributed by atoms with E-state index in [9.17, 15) is 24.0 Å². The minimum absolute atomic E-state index is 0.254. The highest BCUT2D eigenvalue weighted by Gasteiger charge is 2.54. The van der Waals surface area contributed by atoms with Crippen molar-refractivity contribution in [2.75, 3.05) is 13.2 Å². The normalized spacial score (nSPS) is 32.9. The second kappa shape index (κ2) is 12.2. The third-order valence-electron chi connectivity index (χ3n) is 6.00. The lowest BCUT2D eigenvalue weighted by molar-refractivity contribution is -0.342. The molecule has 0 bridgehead atoms. The first-order chi connectivity index (χ1) is 17.5. The van der Waals surface area contributed by atoms with Crippen molar-refractivity contribution in [2.24, 2.45) is 11.8 Å². The summed E-state index contributed by atoms with van der Waals surface area (Å²) in [4.78, 5) is 59.6. The molecule has 0 aromatic carbocycles. The molecule has 0 radical (unpaired) electrons. The van der Waals surface area contributed by atoms with E-state index < -0.39 is 66.8 Å². The summed E-state index contributed by atoms with van der Waals surface area (Å²) in [6.45, 7) is 8.48. The summed E-state index contributed by atoms with van der Waals surface area (Å²) in [5, 5.41) is 2.75. The lowest BCUT2D eigenvalue weighted by Crippen LogP contribution is -2.63. The van der Waals surface area contributed by atoms with Gasteiger partial charge in [0, 0.05) is 46.1 Å². The van der Waals surface area contributed by atoms with Gasteiger partial charge in [-0.3, -0.25) is 24.0 Å². The fraction of sp³-hybridized carbons (Fsp3) is 0.625. The summed E-state index contributed by atoms with van der Waals surface area (Å²) < 4.78 is 39.0. The smallest absolute Gasteiger partial charge is 0.303 e. The van der Waals surface area contributed by atoms with Gasteiger partial charge in [-0.2, -0.15) is 0 Å². The molecule has 13 nitrogen and oxygen atoms in total. The van der Waals surface area contributed by atoms with Crippen molar-refractivity contribution in [1.82, 2.24) is 5.32 Å². The summed E-state index contributed by atoms with van der Waals surface area (Å²) in [5.74, 6) is -3.89. The van der Waals surface area contributed by atoms with Crippen LogP contribution in [0.25, 0.3) is 0 Å². The molecule has 0 aromatic rings. The van der Waals surface area contributed by atoms with Gasteiger partial charge in [0.1, 0.15) is 12.7 Å². The van der Waals surface area contributed by atoms with Gasteiger partial charge in [0.25, 0.3) is 5.91 Å². The van der Waals surface area contributed by atoms with E-state index in [2.05, 4.69) is 11.9 Å². The van der Waals surface area contributed by atoms with Crippen molar-refractivity contribution in [3.8, 4) is 0 Å².